The number of pyridine rings is 1. The lowest BCUT2D eigenvalue weighted by Crippen LogP contribution is -2.22. The van der Waals surface area contributed by atoms with Crippen molar-refractivity contribution in [2.45, 2.75) is 12.5 Å². The minimum Gasteiger partial charge on any atom is -0.476 e. The van der Waals surface area contributed by atoms with Gasteiger partial charge in [0.1, 0.15) is 5.82 Å². The molecule has 0 amide bonds. The number of hydrogen-bond donors (Lipinski definition) is 2. The van der Waals surface area contributed by atoms with Crippen molar-refractivity contribution in [2.75, 3.05) is 18.0 Å². The summed E-state index contributed by atoms with van der Waals surface area (Å²) in [5, 5.41) is 18.5. The Bertz CT molecular complexity index is 655. The number of carbonyl (C=O) groups is 1. The van der Waals surface area contributed by atoms with Gasteiger partial charge < -0.3 is 19.5 Å². The molecule has 0 radical (unpaired) electrons. The van der Waals surface area contributed by atoms with Crippen LogP contribution < -0.4 is 4.90 Å². The molecular weight excluding hydrogens is 253 g/mol. The van der Waals surface area contributed by atoms with Crippen molar-refractivity contribution in [3.8, 4) is 0 Å². The zero-order valence-corrected chi connectivity index (χ0v) is 9.95. The first-order valence-corrected chi connectivity index (χ1v) is 5.89. The number of rotatable bonds is 2. The quantitative estimate of drug-likeness (QED) is 0.837. The highest BCUT2D eigenvalue weighted by Gasteiger charge is 2.24. The molecule has 0 bridgehead atoms. The van der Waals surface area contributed by atoms with E-state index in [1.807, 2.05) is 4.90 Å². The number of hydrogen-bond acceptors (Lipinski definition) is 4. The van der Waals surface area contributed by atoms with E-state index in [9.17, 15) is 14.3 Å². The fourth-order valence-corrected chi connectivity index (χ4v) is 2.34. The van der Waals surface area contributed by atoms with Crippen LogP contribution in [0.25, 0.3) is 5.65 Å². The van der Waals surface area contributed by atoms with Gasteiger partial charge in [-0.3, -0.25) is 0 Å². The van der Waals surface area contributed by atoms with Crippen molar-refractivity contribution >= 4 is 17.3 Å². The van der Waals surface area contributed by atoms with Gasteiger partial charge in [-0.1, -0.05) is 0 Å². The number of carboxylic acids is 1. The van der Waals surface area contributed by atoms with Crippen molar-refractivity contribution in [1.82, 2.24) is 9.38 Å². The van der Waals surface area contributed by atoms with Crippen LogP contribution in [0.15, 0.2) is 18.5 Å². The smallest absolute Gasteiger partial charge is 0.356 e. The van der Waals surface area contributed by atoms with Gasteiger partial charge in [-0.25, -0.2) is 14.2 Å². The Morgan fingerprint density at radius 1 is 1.47 bits per heavy atom. The Labute approximate surface area is 107 Å². The Morgan fingerprint density at radius 2 is 2.26 bits per heavy atom. The van der Waals surface area contributed by atoms with Crippen molar-refractivity contribution in [1.29, 1.82) is 0 Å². The largest absolute Gasteiger partial charge is 0.476 e. The van der Waals surface area contributed by atoms with Crippen LogP contribution in [0.1, 0.15) is 16.9 Å². The molecule has 0 spiro atoms. The Morgan fingerprint density at radius 3 is 2.89 bits per heavy atom. The molecule has 3 rings (SSSR count). The van der Waals surface area contributed by atoms with Gasteiger partial charge >= 0.3 is 5.97 Å². The summed E-state index contributed by atoms with van der Waals surface area (Å²) in [5.74, 6) is -1.63. The number of aliphatic hydroxyl groups excluding tert-OH is 1. The lowest BCUT2D eigenvalue weighted by Gasteiger charge is -2.18. The average molecular weight is 265 g/mol. The molecule has 1 fully saturated rings. The maximum absolute atomic E-state index is 13.6. The second-order valence-electron chi connectivity index (χ2n) is 4.59. The van der Waals surface area contributed by atoms with E-state index in [1.54, 1.807) is 0 Å². The number of aromatic carboxylic acids is 1. The van der Waals surface area contributed by atoms with Gasteiger partial charge in [0.05, 0.1) is 11.8 Å². The molecule has 6 nitrogen and oxygen atoms in total. The second-order valence-corrected chi connectivity index (χ2v) is 4.59. The summed E-state index contributed by atoms with van der Waals surface area (Å²) in [6, 6.07) is 1.31. The average Bonchev–Trinajstić information content (AvgIpc) is 2.93. The normalized spacial score (nSPS) is 19.3. The predicted molar refractivity (Wildman–Crippen MR) is 64.9 cm³/mol. The maximum Gasteiger partial charge on any atom is 0.356 e. The number of nitrogens with zero attached hydrogens (tertiary/aromatic N) is 3. The van der Waals surface area contributed by atoms with Gasteiger partial charge in [-0.2, -0.15) is 0 Å². The zero-order valence-electron chi connectivity index (χ0n) is 9.95. The lowest BCUT2D eigenvalue weighted by molar-refractivity contribution is 0.0691. The molecule has 0 aromatic carbocycles. The number of imidazole rings is 1. The molecule has 3 heterocycles. The molecule has 2 aromatic heterocycles. The third kappa shape index (κ3) is 2.01. The van der Waals surface area contributed by atoms with Gasteiger partial charge in [0, 0.05) is 31.5 Å². The van der Waals surface area contributed by atoms with Crippen molar-refractivity contribution in [3.63, 3.8) is 0 Å². The minimum absolute atomic E-state index is 0.133. The van der Waals surface area contributed by atoms with E-state index in [2.05, 4.69) is 4.98 Å². The molecule has 0 unspecified atom stereocenters. The molecule has 0 aliphatic carbocycles. The first-order valence-electron chi connectivity index (χ1n) is 5.89. The van der Waals surface area contributed by atoms with Crippen LogP contribution >= 0.6 is 0 Å². The van der Waals surface area contributed by atoms with Crippen molar-refractivity contribution in [3.05, 3.63) is 30.0 Å². The van der Waals surface area contributed by atoms with E-state index in [0.717, 1.165) is 0 Å². The van der Waals surface area contributed by atoms with Gasteiger partial charge in [-0.05, 0) is 6.42 Å². The Hall–Kier alpha value is -2.15. The van der Waals surface area contributed by atoms with Gasteiger partial charge in [0.2, 0.25) is 0 Å². The SMILES string of the molecule is O=C(O)c1cn2cc(F)cc(N3CC[C@@H](O)C3)c2n1. The Balaban J connectivity index is 2.14. The topological polar surface area (TPSA) is 78.1 Å². The third-order valence-corrected chi connectivity index (χ3v) is 3.22. The first-order chi connectivity index (χ1) is 9.04. The molecule has 19 heavy (non-hydrogen) atoms. The standard InChI is InChI=1S/C12H12FN3O3/c13-7-3-10(15-2-1-8(17)5-15)11-14-9(12(18)19)6-16(11)4-7/h3-4,6,8,17H,1-2,5H2,(H,18,19)/t8-/m1/s1. The van der Waals surface area contributed by atoms with E-state index in [-0.39, 0.29) is 5.69 Å². The minimum atomic E-state index is -1.16. The monoisotopic (exact) mass is 265 g/mol. The van der Waals surface area contributed by atoms with Crippen LogP contribution in [-0.2, 0) is 0 Å². The summed E-state index contributed by atoms with van der Waals surface area (Å²) in [4.78, 5) is 16.7. The number of β-amino-alcohol motifs (C(OH)–C–C–N with tert-alkyl or cyclic N) is 1. The molecular formula is C12H12FN3O3. The number of aromatic nitrogens is 2. The van der Waals surface area contributed by atoms with Crippen LogP contribution in [0.2, 0.25) is 0 Å². The fraction of sp³-hybridized carbons (Fsp3) is 0.333. The summed E-state index contributed by atoms with van der Waals surface area (Å²) in [7, 11) is 0. The van der Waals surface area contributed by atoms with Gasteiger partial charge in [0.25, 0.3) is 0 Å². The molecule has 1 saturated heterocycles. The highest BCUT2D eigenvalue weighted by atomic mass is 19.1. The van der Waals surface area contributed by atoms with E-state index < -0.39 is 17.9 Å². The van der Waals surface area contributed by atoms with Gasteiger partial charge in [-0.15, -0.1) is 0 Å². The summed E-state index contributed by atoms with van der Waals surface area (Å²) < 4.78 is 14.9. The molecule has 2 aromatic rings. The highest BCUT2D eigenvalue weighted by Crippen LogP contribution is 2.26. The zero-order chi connectivity index (χ0) is 13.6. The predicted octanol–water partition coefficient (Wildman–Crippen LogP) is 0.743. The highest BCUT2D eigenvalue weighted by molar-refractivity contribution is 5.87. The van der Waals surface area contributed by atoms with Crippen LogP contribution in [0.4, 0.5) is 10.1 Å². The number of aliphatic hydroxyl groups is 1. The van der Waals surface area contributed by atoms with Crippen LogP contribution in [0.3, 0.4) is 0 Å². The molecule has 1 aliphatic rings. The molecule has 2 N–H and O–H groups in total. The van der Waals surface area contributed by atoms with E-state index in [1.165, 1.54) is 22.9 Å². The molecule has 1 atom stereocenters. The summed E-state index contributed by atoms with van der Waals surface area (Å²) >= 11 is 0. The summed E-state index contributed by atoms with van der Waals surface area (Å²) in [5.41, 5.74) is 0.753. The van der Waals surface area contributed by atoms with Gasteiger partial charge in [0.15, 0.2) is 11.3 Å². The third-order valence-electron chi connectivity index (χ3n) is 3.22. The van der Waals surface area contributed by atoms with Crippen molar-refractivity contribution in [2.24, 2.45) is 0 Å². The van der Waals surface area contributed by atoms with Crippen LogP contribution in [0, 0.1) is 5.82 Å². The number of carboxylic acid groups (broad SMARTS) is 1. The molecule has 100 valence electrons. The van der Waals surface area contributed by atoms with E-state index in [4.69, 9.17) is 5.11 Å². The first kappa shape index (κ1) is 11.9. The second kappa shape index (κ2) is 4.20. The number of fused-ring (bicyclic) bond motifs is 1. The van der Waals surface area contributed by atoms with Crippen molar-refractivity contribution < 1.29 is 19.4 Å². The maximum atomic E-state index is 13.6. The molecule has 7 heteroatoms. The van der Waals surface area contributed by atoms with Crippen LogP contribution in [-0.4, -0.2) is 44.8 Å². The molecule has 1 aliphatic heterocycles. The number of halogens is 1. The summed E-state index contributed by atoms with van der Waals surface area (Å²) in [6.07, 6.45) is 2.62. The lowest BCUT2D eigenvalue weighted by atomic mass is 10.3. The van der Waals surface area contributed by atoms with Crippen LogP contribution in [0.5, 0.6) is 0 Å². The van der Waals surface area contributed by atoms with E-state index in [0.29, 0.717) is 30.8 Å². The Kier molecular flexibility index (Phi) is 2.63. The summed E-state index contributed by atoms with van der Waals surface area (Å²) in [6.45, 7) is 0.990. The molecule has 0 saturated carbocycles. The number of anilines is 1. The fourth-order valence-electron chi connectivity index (χ4n) is 2.34. The van der Waals surface area contributed by atoms with E-state index >= 15 is 0 Å².